The first kappa shape index (κ1) is 17.9. The summed E-state index contributed by atoms with van der Waals surface area (Å²) in [6.07, 6.45) is 0.289. The second-order valence-electron chi connectivity index (χ2n) is 6.66. The molecule has 0 spiro atoms. The molecule has 134 valence electrons. The van der Waals surface area contributed by atoms with Gasteiger partial charge in [-0.25, -0.2) is 4.68 Å². The molecule has 3 rings (SSSR count). The minimum absolute atomic E-state index is 0.0549. The van der Waals surface area contributed by atoms with Gasteiger partial charge >= 0.3 is 0 Å². The predicted octanol–water partition coefficient (Wildman–Crippen LogP) is 3.99. The highest BCUT2D eigenvalue weighted by atomic mass is 16.1. The zero-order valence-electron chi connectivity index (χ0n) is 15.9. The van der Waals surface area contributed by atoms with E-state index in [2.05, 4.69) is 15.4 Å². The Hall–Kier alpha value is -2.95. The highest BCUT2D eigenvalue weighted by Crippen LogP contribution is 2.22. The molecule has 26 heavy (non-hydrogen) atoms. The number of nitrogens with one attached hydrogen (secondary N) is 1. The lowest BCUT2D eigenvalue weighted by Gasteiger charge is -2.12. The summed E-state index contributed by atoms with van der Waals surface area (Å²) in [5, 5.41) is 7.63. The van der Waals surface area contributed by atoms with Gasteiger partial charge in [-0.05, 0) is 58.4 Å². The average Bonchev–Trinajstić information content (AvgIpc) is 2.87. The van der Waals surface area contributed by atoms with Gasteiger partial charge in [0.05, 0.1) is 29.2 Å². The Balaban J connectivity index is 1.84. The Bertz CT molecular complexity index is 935. The van der Waals surface area contributed by atoms with Crippen molar-refractivity contribution in [3.05, 3.63) is 70.3 Å². The van der Waals surface area contributed by atoms with E-state index < -0.39 is 0 Å². The van der Waals surface area contributed by atoms with Crippen LogP contribution in [0, 0.1) is 34.6 Å². The minimum atomic E-state index is -0.0549. The number of aryl methyl sites for hydroxylation is 4. The van der Waals surface area contributed by atoms with Crippen molar-refractivity contribution in [3.63, 3.8) is 0 Å². The number of carbonyl (C=O) groups excluding carboxylic acids is 1. The van der Waals surface area contributed by atoms with E-state index in [0.717, 1.165) is 45.3 Å². The van der Waals surface area contributed by atoms with Crippen molar-refractivity contribution in [2.24, 2.45) is 0 Å². The van der Waals surface area contributed by atoms with Crippen LogP contribution in [-0.4, -0.2) is 20.7 Å². The normalized spacial score (nSPS) is 10.8. The molecule has 0 aliphatic heterocycles. The highest BCUT2D eigenvalue weighted by Gasteiger charge is 2.17. The Labute approximate surface area is 154 Å². The number of anilines is 1. The van der Waals surface area contributed by atoms with Crippen LogP contribution in [0.3, 0.4) is 0 Å². The van der Waals surface area contributed by atoms with Crippen molar-refractivity contribution in [1.29, 1.82) is 0 Å². The van der Waals surface area contributed by atoms with Crippen molar-refractivity contribution in [1.82, 2.24) is 14.8 Å². The maximum Gasteiger partial charge on any atom is 0.228 e. The Morgan fingerprint density at radius 1 is 1.04 bits per heavy atom. The quantitative estimate of drug-likeness (QED) is 0.775. The van der Waals surface area contributed by atoms with E-state index in [1.54, 1.807) is 0 Å². The zero-order valence-corrected chi connectivity index (χ0v) is 15.9. The molecular weight excluding hydrogens is 324 g/mol. The topological polar surface area (TPSA) is 59.8 Å². The fourth-order valence-electron chi connectivity index (χ4n) is 3.31. The summed E-state index contributed by atoms with van der Waals surface area (Å²) in [6.45, 7) is 9.80. The Kier molecular flexibility index (Phi) is 4.89. The lowest BCUT2D eigenvalue weighted by molar-refractivity contribution is -0.115. The van der Waals surface area contributed by atoms with Gasteiger partial charge in [-0.2, -0.15) is 5.10 Å². The molecular formula is C21H24N4O. The van der Waals surface area contributed by atoms with Gasteiger partial charge in [0.15, 0.2) is 0 Å². The Morgan fingerprint density at radius 3 is 2.38 bits per heavy atom. The van der Waals surface area contributed by atoms with E-state index in [1.807, 2.05) is 75.7 Å². The van der Waals surface area contributed by atoms with Gasteiger partial charge in [0.1, 0.15) is 0 Å². The molecule has 5 heteroatoms. The maximum atomic E-state index is 12.6. The molecule has 0 aliphatic rings. The molecule has 0 unspecified atom stereocenters. The van der Waals surface area contributed by atoms with Crippen LogP contribution < -0.4 is 5.32 Å². The van der Waals surface area contributed by atoms with Crippen molar-refractivity contribution < 1.29 is 4.79 Å². The summed E-state index contributed by atoms with van der Waals surface area (Å²) in [6, 6.07) is 11.9. The molecule has 1 aromatic carbocycles. The average molecular weight is 348 g/mol. The van der Waals surface area contributed by atoms with Gasteiger partial charge in [-0.1, -0.05) is 18.2 Å². The number of aromatic nitrogens is 3. The number of para-hydroxylation sites is 1. The molecule has 0 saturated carbocycles. The van der Waals surface area contributed by atoms with Crippen LogP contribution in [0.2, 0.25) is 0 Å². The standard InChI is InChI=1S/C21H24N4O/c1-13-11-14(2)22-16(4)21(13)23-20(26)12-19-15(3)24-25(17(19)5)18-9-7-6-8-10-18/h6-11H,12H2,1-5H3,(H,23,26). The summed E-state index contributed by atoms with van der Waals surface area (Å²) >= 11 is 0. The number of pyridine rings is 1. The molecule has 2 aromatic heterocycles. The van der Waals surface area contributed by atoms with Gasteiger partial charge in [-0.3, -0.25) is 9.78 Å². The van der Waals surface area contributed by atoms with Crippen molar-refractivity contribution in [2.75, 3.05) is 5.32 Å². The molecule has 1 amide bonds. The van der Waals surface area contributed by atoms with Crippen LogP contribution in [0.4, 0.5) is 5.69 Å². The lowest BCUT2D eigenvalue weighted by Crippen LogP contribution is -2.17. The van der Waals surface area contributed by atoms with Crippen LogP contribution in [0.25, 0.3) is 5.69 Å². The molecule has 0 atom stereocenters. The molecule has 0 aliphatic carbocycles. The van der Waals surface area contributed by atoms with E-state index in [0.29, 0.717) is 0 Å². The lowest BCUT2D eigenvalue weighted by atomic mass is 10.1. The first-order chi connectivity index (χ1) is 12.4. The monoisotopic (exact) mass is 348 g/mol. The summed E-state index contributed by atoms with van der Waals surface area (Å²) in [5.41, 5.74) is 7.42. The van der Waals surface area contributed by atoms with E-state index in [4.69, 9.17) is 0 Å². The number of hydrogen-bond acceptors (Lipinski definition) is 3. The zero-order chi connectivity index (χ0) is 18.8. The number of amides is 1. The van der Waals surface area contributed by atoms with Gasteiger partial charge in [0, 0.05) is 17.0 Å². The largest absolute Gasteiger partial charge is 0.324 e. The summed E-state index contributed by atoms with van der Waals surface area (Å²) in [5.74, 6) is -0.0549. The summed E-state index contributed by atoms with van der Waals surface area (Å²) in [4.78, 5) is 17.1. The number of hydrogen-bond donors (Lipinski definition) is 1. The fourth-order valence-corrected chi connectivity index (χ4v) is 3.31. The maximum absolute atomic E-state index is 12.6. The van der Waals surface area contributed by atoms with E-state index in [1.165, 1.54) is 0 Å². The van der Waals surface area contributed by atoms with E-state index >= 15 is 0 Å². The third kappa shape index (κ3) is 3.52. The molecule has 0 saturated heterocycles. The van der Waals surface area contributed by atoms with Gasteiger partial charge < -0.3 is 5.32 Å². The minimum Gasteiger partial charge on any atom is -0.324 e. The highest BCUT2D eigenvalue weighted by molar-refractivity contribution is 5.93. The Morgan fingerprint density at radius 2 is 1.73 bits per heavy atom. The smallest absolute Gasteiger partial charge is 0.228 e. The third-order valence-electron chi connectivity index (χ3n) is 4.57. The first-order valence-corrected chi connectivity index (χ1v) is 8.72. The van der Waals surface area contributed by atoms with Crippen LogP contribution in [0.1, 0.15) is 33.9 Å². The molecule has 3 aromatic rings. The van der Waals surface area contributed by atoms with Crippen LogP contribution in [-0.2, 0) is 11.2 Å². The van der Waals surface area contributed by atoms with E-state index in [9.17, 15) is 4.79 Å². The second-order valence-corrected chi connectivity index (χ2v) is 6.66. The van der Waals surface area contributed by atoms with Crippen molar-refractivity contribution in [2.45, 2.75) is 41.0 Å². The van der Waals surface area contributed by atoms with Crippen molar-refractivity contribution in [3.8, 4) is 5.69 Å². The van der Waals surface area contributed by atoms with Crippen molar-refractivity contribution >= 4 is 11.6 Å². The molecule has 0 bridgehead atoms. The van der Waals surface area contributed by atoms with Gasteiger partial charge in [0.25, 0.3) is 0 Å². The third-order valence-corrected chi connectivity index (χ3v) is 4.57. The van der Waals surface area contributed by atoms with Crippen LogP contribution in [0.15, 0.2) is 36.4 Å². The van der Waals surface area contributed by atoms with Gasteiger partial charge in [-0.15, -0.1) is 0 Å². The first-order valence-electron chi connectivity index (χ1n) is 8.72. The van der Waals surface area contributed by atoms with Crippen LogP contribution >= 0.6 is 0 Å². The molecule has 5 nitrogen and oxygen atoms in total. The SMILES string of the molecule is Cc1cc(C)c(NC(=O)Cc2c(C)nn(-c3ccccc3)c2C)c(C)n1. The van der Waals surface area contributed by atoms with Crippen LogP contribution in [0.5, 0.6) is 0 Å². The fraction of sp³-hybridized carbons (Fsp3) is 0.286. The molecule has 1 N–H and O–H groups in total. The molecule has 0 radical (unpaired) electrons. The molecule has 0 fully saturated rings. The number of benzene rings is 1. The number of rotatable bonds is 4. The predicted molar refractivity (Wildman–Crippen MR) is 104 cm³/mol. The van der Waals surface area contributed by atoms with Gasteiger partial charge in [0.2, 0.25) is 5.91 Å². The number of nitrogens with zero attached hydrogens (tertiary/aromatic N) is 3. The van der Waals surface area contributed by atoms with E-state index in [-0.39, 0.29) is 12.3 Å². The summed E-state index contributed by atoms with van der Waals surface area (Å²) in [7, 11) is 0. The summed E-state index contributed by atoms with van der Waals surface area (Å²) < 4.78 is 1.89. The number of carbonyl (C=O) groups is 1. The second kappa shape index (κ2) is 7.12. The molecule has 2 heterocycles.